The average molecular weight is 452 g/mol. The van der Waals surface area contributed by atoms with E-state index in [0.717, 1.165) is 44.9 Å². The van der Waals surface area contributed by atoms with Crippen LogP contribution in [0.5, 0.6) is 0 Å². The minimum Gasteiger partial charge on any atom is -0.350 e. The van der Waals surface area contributed by atoms with E-state index in [0.29, 0.717) is 37.7 Å². The van der Waals surface area contributed by atoms with Crippen LogP contribution in [0.4, 0.5) is 0 Å². The Bertz CT molecular complexity index is 807. The Kier molecular flexibility index (Phi) is 8.53. The standard InChI is InChI=1S/C24H37NO5S/c1-3-10-20-15-17-24(16-14-19(20)4-2,31(27,28)21-11-6-5-7-12-21)23(26)25-30-22-13-8-9-18-29-22/h5-7,11-12,19-20,22H,3-4,8-10,13-18H2,1-2H3,(H,25,26). The molecule has 1 N–H and O–H groups in total. The molecule has 0 spiro atoms. The summed E-state index contributed by atoms with van der Waals surface area (Å²) in [5.74, 6) is 0.318. The van der Waals surface area contributed by atoms with Gasteiger partial charge in [0.15, 0.2) is 20.9 Å². The minimum atomic E-state index is -3.90. The van der Waals surface area contributed by atoms with Crippen molar-refractivity contribution in [3.05, 3.63) is 30.3 Å². The molecule has 3 rings (SSSR count). The highest BCUT2D eigenvalue weighted by Crippen LogP contribution is 2.44. The molecule has 4 atom stereocenters. The van der Waals surface area contributed by atoms with E-state index in [1.54, 1.807) is 30.3 Å². The summed E-state index contributed by atoms with van der Waals surface area (Å²) in [5, 5.41) is 0. The summed E-state index contributed by atoms with van der Waals surface area (Å²) in [6.45, 7) is 4.91. The number of carbonyl (C=O) groups excluding carboxylic acids is 1. The summed E-state index contributed by atoms with van der Waals surface area (Å²) in [6, 6.07) is 8.36. The summed E-state index contributed by atoms with van der Waals surface area (Å²) >= 11 is 0. The molecule has 0 bridgehead atoms. The van der Waals surface area contributed by atoms with E-state index in [1.807, 2.05) is 0 Å². The molecular formula is C24H37NO5S. The van der Waals surface area contributed by atoms with Gasteiger partial charge in [-0.05, 0) is 62.5 Å². The highest BCUT2D eigenvalue weighted by molar-refractivity contribution is 7.93. The first-order valence-electron chi connectivity index (χ1n) is 11.8. The van der Waals surface area contributed by atoms with E-state index in [-0.39, 0.29) is 4.90 Å². The Morgan fingerprint density at radius 1 is 1.10 bits per heavy atom. The Labute approximate surface area is 187 Å². The number of benzene rings is 1. The Hall–Kier alpha value is -1.44. The fraction of sp³-hybridized carbons (Fsp3) is 0.708. The summed E-state index contributed by atoms with van der Waals surface area (Å²) in [7, 11) is -3.90. The van der Waals surface area contributed by atoms with Crippen LogP contribution in [0.3, 0.4) is 0 Å². The number of nitrogens with one attached hydrogen (secondary N) is 1. The maximum atomic E-state index is 13.9. The lowest BCUT2D eigenvalue weighted by Gasteiger charge is -2.32. The first-order chi connectivity index (χ1) is 14.9. The van der Waals surface area contributed by atoms with Gasteiger partial charge in [0, 0.05) is 13.0 Å². The van der Waals surface area contributed by atoms with Gasteiger partial charge < -0.3 is 4.74 Å². The van der Waals surface area contributed by atoms with Crippen LogP contribution >= 0.6 is 0 Å². The molecule has 1 saturated heterocycles. The molecule has 1 aromatic carbocycles. The lowest BCUT2D eigenvalue weighted by molar-refractivity contribution is -0.201. The molecule has 1 heterocycles. The number of ether oxygens (including phenoxy) is 1. The molecule has 1 amide bonds. The van der Waals surface area contributed by atoms with Gasteiger partial charge in [0.25, 0.3) is 5.91 Å². The molecule has 0 aromatic heterocycles. The summed E-state index contributed by atoms with van der Waals surface area (Å²) in [5.41, 5.74) is 2.50. The third-order valence-electron chi connectivity index (χ3n) is 7.09. The summed E-state index contributed by atoms with van der Waals surface area (Å²) < 4.78 is 31.7. The second-order valence-electron chi connectivity index (χ2n) is 8.95. The van der Waals surface area contributed by atoms with Crippen LogP contribution in [-0.2, 0) is 24.2 Å². The second-order valence-corrected chi connectivity index (χ2v) is 11.2. The fourth-order valence-electron chi connectivity index (χ4n) is 5.18. The zero-order valence-electron chi connectivity index (χ0n) is 18.8. The molecule has 1 saturated carbocycles. The predicted molar refractivity (Wildman–Crippen MR) is 120 cm³/mol. The van der Waals surface area contributed by atoms with E-state index < -0.39 is 26.8 Å². The molecule has 174 valence electrons. The highest BCUT2D eigenvalue weighted by Gasteiger charge is 2.53. The van der Waals surface area contributed by atoms with Crippen LogP contribution in [-0.4, -0.2) is 32.0 Å². The van der Waals surface area contributed by atoms with Crippen molar-refractivity contribution in [2.75, 3.05) is 6.61 Å². The summed E-state index contributed by atoms with van der Waals surface area (Å²) in [6.07, 6.45) is 7.30. The topological polar surface area (TPSA) is 81.7 Å². The molecular weight excluding hydrogens is 414 g/mol. The van der Waals surface area contributed by atoms with Crippen LogP contribution in [0.25, 0.3) is 0 Å². The van der Waals surface area contributed by atoms with Crippen molar-refractivity contribution in [1.82, 2.24) is 5.48 Å². The first kappa shape index (κ1) is 24.2. The first-order valence-corrected chi connectivity index (χ1v) is 13.3. The van der Waals surface area contributed by atoms with E-state index >= 15 is 0 Å². The van der Waals surface area contributed by atoms with Crippen LogP contribution in [0.1, 0.15) is 78.1 Å². The number of rotatable bonds is 8. The Balaban J connectivity index is 1.90. The highest BCUT2D eigenvalue weighted by atomic mass is 32.2. The van der Waals surface area contributed by atoms with Crippen molar-refractivity contribution in [2.45, 2.75) is 94.0 Å². The fourth-order valence-corrected chi connectivity index (χ4v) is 7.21. The number of hydrogen-bond acceptors (Lipinski definition) is 5. The van der Waals surface area contributed by atoms with Crippen molar-refractivity contribution >= 4 is 15.7 Å². The Morgan fingerprint density at radius 2 is 1.81 bits per heavy atom. The SMILES string of the molecule is CCCC1CCC(C(=O)NOC2CCCCO2)(S(=O)(=O)c2ccccc2)CCC1CC. The van der Waals surface area contributed by atoms with Gasteiger partial charge in [-0.3, -0.25) is 4.79 Å². The number of sulfone groups is 1. The van der Waals surface area contributed by atoms with Crippen LogP contribution < -0.4 is 5.48 Å². The smallest absolute Gasteiger partial charge is 0.265 e. The molecule has 2 aliphatic rings. The monoisotopic (exact) mass is 451 g/mol. The van der Waals surface area contributed by atoms with Gasteiger partial charge in [-0.25, -0.2) is 18.7 Å². The van der Waals surface area contributed by atoms with Crippen LogP contribution in [0.15, 0.2) is 35.2 Å². The molecule has 1 aliphatic heterocycles. The van der Waals surface area contributed by atoms with Crippen LogP contribution in [0.2, 0.25) is 0 Å². The zero-order chi connectivity index (χ0) is 22.3. The lowest BCUT2D eigenvalue weighted by Crippen LogP contribution is -2.53. The second kappa shape index (κ2) is 10.9. The Morgan fingerprint density at radius 3 is 2.42 bits per heavy atom. The molecule has 0 radical (unpaired) electrons. The molecule has 7 heteroatoms. The molecule has 31 heavy (non-hydrogen) atoms. The van der Waals surface area contributed by atoms with Gasteiger partial charge in [0.05, 0.1) is 4.90 Å². The van der Waals surface area contributed by atoms with E-state index in [9.17, 15) is 13.2 Å². The molecule has 2 fully saturated rings. The lowest BCUT2D eigenvalue weighted by atomic mass is 9.83. The average Bonchev–Trinajstić information content (AvgIpc) is 2.99. The maximum Gasteiger partial charge on any atom is 0.265 e. The van der Waals surface area contributed by atoms with E-state index in [1.165, 1.54) is 0 Å². The minimum absolute atomic E-state index is 0.195. The normalized spacial score (nSPS) is 29.8. The van der Waals surface area contributed by atoms with Gasteiger partial charge in [0.1, 0.15) is 0 Å². The molecule has 1 aromatic rings. The predicted octanol–water partition coefficient (Wildman–Crippen LogP) is 4.79. The van der Waals surface area contributed by atoms with Crippen molar-refractivity contribution in [3.8, 4) is 0 Å². The van der Waals surface area contributed by atoms with E-state index in [4.69, 9.17) is 9.57 Å². The van der Waals surface area contributed by atoms with Crippen molar-refractivity contribution in [3.63, 3.8) is 0 Å². The number of hydrogen-bond donors (Lipinski definition) is 1. The third-order valence-corrected chi connectivity index (χ3v) is 9.61. The number of hydroxylamine groups is 1. The number of carbonyl (C=O) groups is 1. The van der Waals surface area contributed by atoms with Gasteiger partial charge in [0.2, 0.25) is 0 Å². The molecule has 4 unspecified atom stereocenters. The third kappa shape index (κ3) is 5.32. The van der Waals surface area contributed by atoms with E-state index in [2.05, 4.69) is 19.3 Å². The number of amides is 1. The van der Waals surface area contributed by atoms with Gasteiger partial charge in [-0.1, -0.05) is 51.3 Å². The maximum absolute atomic E-state index is 13.9. The van der Waals surface area contributed by atoms with Gasteiger partial charge in [-0.2, -0.15) is 0 Å². The van der Waals surface area contributed by atoms with Gasteiger partial charge in [-0.15, -0.1) is 0 Å². The summed E-state index contributed by atoms with van der Waals surface area (Å²) in [4.78, 5) is 19.3. The molecule has 6 nitrogen and oxygen atoms in total. The van der Waals surface area contributed by atoms with Crippen molar-refractivity contribution < 1.29 is 22.8 Å². The molecule has 1 aliphatic carbocycles. The zero-order valence-corrected chi connectivity index (χ0v) is 19.7. The van der Waals surface area contributed by atoms with Gasteiger partial charge >= 0.3 is 0 Å². The largest absolute Gasteiger partial charge is 0.350 e. The van der Waals surface area contributed by atoms with Crippen molar-refractivity contribution in [1.29, 1.82) is 0 Å². The van der Waals surface area contributed by atoms with Crippen molar-refractivity contribution in [2.24, 2.45) is 11.8 Å². The quantitative estimate of drug-likeness (QED) is 0.454. The van der Waals surface area contributed by atoms with Crippen LogP contribution in [0, 0.1) is 11.8 Å².